The van der Waals surface area contributed by atoms with E-state index in [-0.39, 0.29) is 0 Å². The first-order valence-corrected chi connectivity index (χ1v) is 8.10. The number of nitrogens with one attached hydrogen (secondary N) is 1. The molecule has 0 amide bonds. The number of aromatic amines is 1. The van der Waals surface area contributed by atoms with Crippen molar-refractivity contribution in [2.45, 2.75) is 0 Å². The number of rotatable bonds is 6. The van der Waals surface area contributed by atoms with E-state index in [0.29, 0.717) is 44.9 Å². The summed E-state index contributed by atoms with van der Waals surface area (Å²) in [7, 11) is 4.52. The van der Waals surface area contributed by atoms with Gasteiger partial charge in [-0.15, -0.1) is 0 Å². The Morgan fingerprint density at radius 3 is 2.31 bits per heavy atom. The second-order valence-corrected chi connectivity index (χ2v) is 5.82. The predicted molar refractivity (Wildman–Crippen MR) is 99.5 cm³/mol. The standard InChI is InChI=1S/C19H17ClN2O4/c1-24-15-8-12(10-23)16(18(26-3)17(15)25-2)14-9-21-19(22-14)11-4-6-13(20)7-5-11/h4-10H,1-3H3,(H,21,22). The van der Waals surface area contributed by atoms with Gasteiger partial charge in [-0.3, -0.25) is 4.79 Å². The number of imidazole rings is 1. The summed E-state index contributed by atoms with van der Waals surface area (Å²) in [5, 5.41) is 0.644. The second-order valence-electron chi connectivity index (χ2n) is 5.38. The Morgan fingerprint density at radius 2 is 1.73 bits per heavy atom. The Bertz CT molecular complexity index is 935. The number of aldehydes is 1. The number of hydrogen-bond donors (Lipinski definition) is 1. The molecule has 2 aromatic carbocycles. The third-order valence-corrected chi connectivity index (χ3v) is 4.20. The van der Waals surface area contributed by atoms with Crippen LogP contribution in [-0.2, 0) is 0 Å². The van der Waals surface area contributed by atoms with E-state index in [4.69, 9.17) is 25.8 Å². The van der Waals surface area contributed by atoms with Gasteiger partial charge in [0.05, 0.1) is 38.8 Å². The van der Waals surface area contributed by atoms with Crippen LogP contribution < -0.4 is 14.2 Å². The van der Waals surface area contributed by atoms with E-state index in [1.165, 1.54) is 21.3 Å². The fraction of sp³-hybridized carbons (Fsp3) is 0.158. The highest BCUT2D eigenvalue weighted by Crippen LogP contribution is 2.46. The summed E-state index contributed by atoms with van der Waals surface area (Å²) < 4.78 is 16.2. The topological polar surface area (TPSA) is 73.4 Å². The van der Waals surface area contributed by atoms with Gasteiger partial charge in [-0.25, -0.2) is 4.98 Å². The lowest BCUT2D eigenvalue weighted by molar-refractivity contribution is 0.112. The average Bonchev–Trinajstić information content (AvgIpc) is 3.16. The van der Waals surface area contributed by atoms with Crippen molar-refractivity contribution in [2.24, 2.45) is 0 Å². The molecule has 134 valence electrons. The van der Waals surface area contributed by atoms with E-state index in [2.05, 4.69) is 9.97 Å². The van der Waals surface area contributed by atoms with Crippen LogP contribution in [0.3, 0.4) is 0 Å². The maximum Gasteiger partial charge on any atom is 0.204 e. The van der Waals surface area contributed by atoms with Gasteiger partial charge in [0.2, 0.25) is 5.75 Å². The Kier molecular flexibility index (Phi) is 5.14. The molecule has 3 rings (SSSR count). The van der Waals surface area contributed by atoms with Gasteiger partial charge in [0.15, 0.2) is 17.8 Å². The van der Waals surface area contributed by atoms with Crippen LogP contribution >= 0.6 is 11.6 Å². The van der Waals surface area contributed by atoms with Gasteiger partial charge >= 0.3 is 0 Å². The first kappa shape index (κ1) is 17.8. The van der Waals surface area contributed by atoms with Crippen LogP contribution in [-0.4, -0.2) is 37.6 Å². The molecule has 0 radical (unpaired) electrons. The summed E-state index contributed by atoms with van der Waals surface area (Å²) in [5.41, 5.74) is 2.43. The summed E-state index contributed by atoms with van der Waals surface area (Å²) in [6.45, 7) is 0. The van der Waals surface area contributed by atoms with E-state index in [1.807, 2.05) is 12.1 Å². The number of benzene rings is 2. The van der Waals surface area contributed by atoms with Crippen LogP contribution in [0.2, 0.25) is 5.02 Å². The van der Waals surface area contributed by atoms with Crippen molar-refractivity contribution in [3.8, 4) is 39.9 Å². The van der Waals surface area contributed by atoms with Crippen LogP contribution in [0, 0.1) is 0 Å². The van der Waals surface area contributed by atoms with Crippen molar-refractivity contribution >= 4 is 17.9 Å². The molecule has 1 N–H and O–H groups in total. The number of H-pyrrole nitrogens is 1. The van der Waals surface area contributed by atoms with Crippen molar-refractivity contribution in [2.75, 3.05) is 21.3 Å². The highest BCUT2D eigenvalue weighted by Gasteiger charge is 2.23. The summed E-state index contributed by atoms with van der Waals surface area (Å²) in [5.74, 6) is 1.84. The summed E-state index contributed by atoms with van der Waals surface area (Å²) in [4.78, 5) is 19.3. The number of ether oxygens (including phenoxy) is 3. The average molecular weight is 373 g/mol. The van der Waals surface area contributed by atoms with E-state index in [1.54, 1.807) is 24.4 Å². The van der Waals surface area contributed by atoms with Gasteiger partial charge in [-0.05, 0) is 30.3 Å². The van der Waals surface area contributed by atoms with Crippen molar-refractivity contribution in [1.82, 2.24) is 9.97 Å². The number of methoxy groups -OCH3 is 3. The van der Waals surface area contributed by atoms with Gasteiger partial charge in [0, 0.05) is 16.1 Å². The number of carbonyl (C=O) groups excluding carboxylic acids is 1. The lowest BCUT2D eigenvalue weighted by atomic mass is 10.0. The molecule has 26 heavy (non-hydrogen) atoms. The predicted octanol–water partition coefficient (Wildman–Crippen LogP) is 4.24. The molecule has 0 bridgehead atoms. The molecule has 0 aliphatic carbocycles. The first-order valence-electron chi connectivity index (χ1n) is 7.72. The van der Waals surface area contributed by atoms with Crippen LogP contribution in [0.25, 0.3) is 22.6 Å². The Labute approximate surface area is 155 Å². The van der Waals surface area contributed by atoms with E-state index >= 15 is 0 Å². The number of hydrogen-bond acceptors (Lipinski definition) is 5. The quantitative estimate of drug-likeness (QED) is 0.655. The molecule has 0 aliphatic rings. The molecular weight excluding hydrogens is 356 g/mol. The van der Waals surface area contributed by atoms with E-state index in [9.17, 15) is 4.79 Å². The Morgan fingerprint density at radius 1 is 1.04 bits per heavy atom. The van der Waals surface area contributed by atoms with Gasteiger partial charge in [-0.1, -0.05) is 11.6 Å². The largest absolute Gasteiger partial charge is 0.493 e. The minimum Gasteiger partial charge on any atom is -0.493 e. The molecule has 7 heteroatoms. The van der Waals surface area contributed by atoms with Crippen molar-refractivity contribution in [1.29, 1.82) is 0 Å². The first-order chi connectivity index (χ1) is 12.6. The fourth-order valence-corrected chi connectivity index (χ4v) is 2.87. The number of aromatic nitrogens is 2. The molecule has 0 aliphatic heterocycles. The monoisotopic (exact) mass is 372 g/mol. The molecule has 0 spiro atoms. The third kappa shape index (κ3) is 3.11. The van der Waals surface area contributed by atoms with Crippen LogP contribution in [0.5, 0.6) is 17.2 Å². The molecule has 0 unspecified atom stereocenters. The molecule has 0 saturated heterocycles. The zero-order chi connectivity index (χ0) is 18.7. The van der Waals surface area contributed by atoms with Gasteiger partial charge in [0.25, 0.3) is 0 Å². The number of carbonyl (C=O) groups is 1. The van der Waals surface area contributed by atoms with Crippen molar-refractivity contribution in [3.63, 3.8) is 0 Å². The molecule has 3 aromatic rings. The minimum atomic E-state index is 0.389. The highest BCUT2D eigenvalue weighted by atomic mass is 35.5. The van der Waals surface area contributed by atoms with Gasteiger partial charge in [0.1, 0.15) is 5.82 Å². The molecule has 1 heterocycles. The molecular formula is C19H17ClN2O4. The fourth-order valence-electron chi connectivity index (χ4n) is 2.75. The van der Waals surface area contributed by atoms with Crippen molar-refractivity contribution in [3.05, 3.63) is 47.1 Å². The van der Waals surface area contributed by atoms with Crippen LogP contribution in [0.1, 0.15) is 10.4 Å². The molecule has 0 fully saturated rings. The minimum absolute atomic E-state index is 0.389. The normalized spacial score (nSPS) is 10.5. The summed E-state index contributed by atoms with van der Waals surface area (Å²) >= 11 is 5.93. The van der Waals surface area contributed by atoms with Crippen molar-refractivity contribution < 1.29 is 19.0 Å². The van der Waals surface area contributed by atoms with Gasteiger partial charge < -0.3 is 19.2 Å². The van der Waals surface area contributed by atoms with E-state index < -0.39 is 0 Å². The van der Waals surface area contributed by atoms with Gasteiger partial charge in [-0.2, -0.15) is 0 Å². The SMILES string of the molecule is COc1cc(C=O)c(-c2cnc(-c3ccc(Cl)cc3)[nH]2)c(OC)c1OC. The van der Waals surface area contributed by atoms with Crippen LogP contribution in [0.4, 0.5) is 0 Å². The third-order valence-electron chi connectivity index (χ3n) is 3.95. The molecule has 6 nitrogen and oxygen atoms in total. The summed E-state index contributed by atoms with van der Waals surface area (Å²) in [6, 6.07) is 8.89. The lowest BCUT2D eigenvalue weighted by Crippen LogP contribution is -2.00. The summed E-state index contributed by atoms with van der Waals surface area (Å²) in [6.07, 6.45) is 2.38. The molecule has 1 aromatic heterocycles. The highest BCUT2D eigenvalue weighted by molar-refractivity contribution is 6.30. The van der Waals surface area contributed by atoms with E-state index in [0.717, 1.165) is 11.8 Å². The molecule has 0 atom stereocenters. The molecule has 0 saturated carbocycles. The maximum atomic E-state index is 11.6. The Balaban J connectivity index is 2.17. The van der Waals surface area contributed by atoms with Crippen LogP contribution in [0.15, 0.2) is 36.5 Å². The zero-order valence-corrected chi connectivity index (χ0v) is 15.3. The Hall–Kier alpha value is -2.99. The lowest BCUT2D eigenvalue weighted by Gasteiger charge is -2.16. The zero-order valence-electron chi connectivity index (χ0n) is 14.5. The smallest absolute Gasteiger partial charge is 0.204 e. The number of halogens is 1. The number of nitrogens with zero attached hydrogens (tertiary/aromatic N) is 1. The maximum absolute atomic E-state index is 11.6. The second kappa shape index (κ2) is 7.49.